The van der Waals surface area contributed by atoms with Gasteiger partial charge in [0.15, 0.2) is 0 Å². The fourth-order valence-electron chi connectivity index (χ4n) is 3.10. The second-order valence-corrected chi connectivity index (χ2v) is 5.35. The zero-order valence-electron chi connectivity index (χ0n) is 12.6. The molecule has 1 aliphatic carbocycles. The van der Waals surface area contributed by atoms with Crippen LogP contribution in [0.15, 0.2) is 18.2 Å². The molecule has 0 saturated carbocycles. The summed E-state index contributed by atoms with van der Waals surface area (Å²) in [5.74, 6) is -1.89. The molecule has 0 saturated heterocycles. The number of esters is 2. The van der Waals surface area contributed by atoms with Gasteiger partial charge < -0.3 is 19.7 Å². The molecular weight excluding hydrogens is 288 g/mol. The number of fused-ring (bicyclic) bond motifs is 1. The van der Waals surface area contributed by atoms with Crippen LogP contribution < -0.4 is 0 Å². The van der Waals surface area contributed by atoms with Crippen LogP contribution in [0.3, 0.4) is 0 Å². The standard InChI is InChI=1S/C16H20O6/c1-21-15(19)10-4-5-11-9(7-10)3-6-12(16(20)22-2)14(11)13(18)8-17/h4-5,7,12-14,17-18H,3,6,8H2,1-2H3. The minimum absolute atomic E-state index is 0.403. The second kappa shape index (κ2) is 6.89. The lowest BCUT2D eigenvalue weighted by molar-refractivity contribution is -0.148. The van der Waals surface area contributed by atoms with E-state index in [1.54, 1.807) is 18.2 Å². The van der Waals surface area contributed by atoms with Crippen molar-refractivity contribution in [2.45, 2.75) is 24.9 Å². The monoisotopic (exact) mass is 308 g/mol. The van der Waals surface area contributed by atoms with Crippen molar-refractivity contribution in [1.82, 2.24) is 0 Å². The van der Waals surface area contributed by atoms with Gasteiger partial charge in [0.25, 0.3) is 0 Å². The Morgan fingerprint density at radius 2 is 2.05 bits per heavy atom. The van der Waals surface area contributed by atoms with Crippen molar-refractivity contribution in [2.75, 3.05) is 20.8 Å². The molecule has 0 aromatic heterocycles. The van der Waals surface area contributed by atoms with E-state index in [-0.39, 0.29) is 0 Å². The zero-order chi connectivity index (χ0) is 16.3. The van der Waals surface area contributed by atoms with Crippen LogP contribution in [-0.2, 0) is 20.7 Å². The number of carbonyl (C=O) groups excluding carboxylic acids is 2. The van der Waals surface area contributed by atoms with Crippen LogP contribution in [0.5, 0.6) is 0 Å². The molecule has 0 aliphatic heterocycles. The van der Waals surface area contributed by atoms with Crippen molar-refractivity contribution in [3.8, 4) is 0 Å². The van der Waals surface area contributed by atoms with Gasteiger partial charge in [-0.3, -0.25) is 4.79 Å². The highest BCUT2D eigenvalue weighted by Crippen LogP contribution is 2.39. The van der Waals surface area contributed by atoms with Crippen molar-refractivity contribution >= 4 is 11.9 Å². The van der Waals surface area contributed by atoms with Crippen molar-refractivity contribution in [2.24, 2.45) is 5.92 Å². The third kappa shape index (κ3) is 2.98. The third-order valence-corrected chi connectivity index (χ3v) is 4.19. The Morgan fingerprint density at radius 1 is 1.32 bits per heavy atom. The molecule has 2 N–H and O–H groups in total. The molecule has 0 heterocycles. The van der Waals surface area contributed by atoms with E-state index >= 15 is 0 Å². The number of aryl methyl sites for hydroxylation is 1. The zero-order valence-corrected chi connectivity index (χ0v) is 12.6. The van der Waals surface area contributed by atoms with E-state index < -0.39 is 36.5 Å². The molecule has 0 radical (unpaired) electrons. The van der Waals surface area contributed by atoms with E-state index in [1.807, 2.05) is 0 Å². The predicted molar refractivity (Wildman–Crippen MR) is 77.4 cm³/mol. The lowest BCUT2D eigenvalue weighted by atomic mass is 9.72. The van der Waals surface area contributed by atoms with Gasteiger partial charge in [0.2, 0.25) is 0 Å². The van der Waals surface area contributed by atoms with E-state index in [1.165, 1.54) is 14.2 Å². The maximum atomic E-state index is 11.9. The van der Waals surface area contributed by atoms with E-state index in [2.05, 4.69) is 0 Å². The SMILES string of the molecule is COC(=O)c1ccc2c(c1)CCC(C(=O)OC)C2C(O)CO. The van der Waals surface area contributed by atoms with Crippen molar-refractivity contribution in [3.63, 3.8) is 0 Å². The van der Waals surface area contributed by atoms with Crippen LogP contribution in [-0.4, -0.2) is 49.1 Å². The van der Waals surface area contributed by atoms with Gasteiger partial charge in [-0.1, -0.05) is 6.07 Å². The number of methoxy groups -OCH3 is 2. The normalized spacial score (nSPS) is 21.6. The summed E-state index contributed by atoms with van der Waals surface area (Å²) in [5, 5.41) is 19.4. The minimum Gasteiger partial charge on any atom is -0.469 e. The third-order valence-electron chi connectivity index (χ3n) is 4.19. The molecule has 3 atom stereocenters. The van der Waals surface area contributed by atoms with Gasteiger partial charge in [0, 0.05) is 5.92 Å². The highest BCUT2D eigenvalue weighted by atomic mass is 16.5. The highest BCUT2D eigenvalue weighted by Gasteiger charge is 2.39. The second-order valence-electron chi connectivity index (χ2n) is 5.35. The van der Waals surface area contributed by atoms with E-state index in [0.29, 0.717) is 18.4 Å². The Hall–Kier alpha value is -1.92. The summed E-state index contributed by atoms with van der Waals surface area (Å²) in [6.45, 7) is -0.448. The van der Waals surface area contributed by atoms with Gasteiger partial charge in [0.1, 0.15) is 0 Å². The summed E-state index contributed by atoms with van der Waals surface area (Å²) in [6.07, 6.45) is 0.0211. The number of hydrogen-bond acceptors (Lipinski definition) is 6. The summed E-state index contributed by atoms with van der Waals surface area (Å²) < 4.78 is 9.50. The Balaban J connectivity index is 2.43. The fraction of sp³-hybridized carbons (Fsp3) is 0.500. The number of hydrogen-bond donors (Lipinski definition) is 2. The molecule has 3 unspecified atom stereocenters. The molecule has 120 valence electrons. The van der Waals surface area contributed by atoms with Gasteiger partial charge in [-0.25, -0.2) is 4.79 Å². The number of aliphatic hydroxyl groups is 2. The first kappa shape index (κ1) is 16.5. The van der Waals surface area contributed by atoms with E-state index in [9.17, 15) is 19.8 Å². The Bertz CT molecular complexity index is 568. The van der Waals surface area contributed by atoms with Crippen molar-refractivity contribution < 1.29 is 29.3 Å². The van der Waals surface area contributed by atoms with Gasteiger partial charge in [0.05, 0.1) is 38.4 Å². The molecule has 1 aliphatic rings. The lowest BCUT2D eigenvalue weighted by Crippen LogP contribution is -2.37. The van der Waals surface area contributed by atoms with Crippen molar-refractivity contribution in [1.29, 1.82) is 0 Å². The quantitative estimate of drug-likeness (QED) is 0.793. The lowest BCUT2D eigenvalue weighted by Gasteiger charge is -2.34. The molecule has 6 nitrogen and oxygen atoms in total. The maximum Gasteiger partial charge on any atom is 0.337 e. The van der Waals surface area contributed by atoms with Gasteiger partial charge in [-0.05, 0) is 36.1 Å². The van der Waals surface area contributed by atoms with Crippen LogP contribution in [0.2, 0.25) is 0 Å². The first-order chi connectivity index (χ1) is 10.5. The topological polar surface area (TPSA) is 93.1 Å². The van der Waals surface area contributed by atoms with Crippen LogP contribution in [0.1, 0.15) is 33.8 Å². The van der Waals surface area contributed by atoms with Crippen molar-refractivity contribution in [3.05, 3.63) is 34.9 Å². The summed E-state index contributed by atoms with van der Waals surface area (Å²) in [7, 11) is 2.62. The molecule has 1 aromatic rings. The van der Waals surface area contributed by atoms with Gasteiger partial charge in [-0.15, -0.1) is 0 Å². The smallest absolute Gasteiger partial charge is 0.337 e. The summed E-state index contributed by atoms with van der Waals surface area (Å²) in [6, 6.07) is 5.02. The Kier molecular flexibility index (Phi) is 5.15. The molecular formula is C16H20O6. The van der Waals surface area contributed by atoms with Crippen LogP contribution >= 0.6 is 0 Å². The number of ether oxygens (including phenoxy) is 2. The summed E-state index contributed by atoms with van der Waals surface area (Å²) in [4.78, 5) is 23.5. The predicted octanol–water partition coefficient (Wildman–Crippen LogP) is 0.645. The largest absolute Gasteiger partial charge is 0.469 e. The first-order valence-corrected chi connectivity index (χ1v) is 7.11. The molecule has 1 aromatic carbocycles. The fourth-order valence-corrected chi connectivity index (χ4v) is 3.10. The molecule has 0 spiro atoms. The average molecular weight is 308 g/mol. The number of aliphatic hydroxyl groups excluding tert-OH is 2. The van der Waals surface area contributed by atoms with E-state index in [4.69, 9.17) is 9.47 Å². The summed E-state index contributed by atoms with van der Waals surface area (Å²) in [5.41, 5.74) is 2.06. The Morgan fingerprint density at radius 3 is 2.64 bits per heavy atom. The van der Waals surface area contributed by atoms with Gasteiger partial charge >= 0.3 is 11.9 Å². The Labute approximate surface area is 128 Å². The minimum atomic E-state index is -1.06. The molecule has 22 heavy (non-hydrogen) atoms. The van der Waals surface area contributed by atoms with Gasteiger partial charge in [-0.2, -0.15) is 0 Å². The average Bonchev–Trinajstić information content (AvgIpc) is 2.57. The molecule has 2 rings (SSSR count). The maximum absolute atomic E-state index is 11.9. The molecule has 6 heteroatoms. The molecule has 0 bridgehead atoms. The molecule has 0 fully saturated rings. The summed E-state index contributed by atoms with van der Waals surface area (Å²) >= 11 is 0. The number of benzene rings is 1. The van der Waals surface area contributed by atoms with Crippen LogP contribution in [0.25, 0.3) is 0 Å². The number of rotatable bonds is 4. The number of carbonyl (C=O) groups is 2. The molecule has 0 amide bonds. The highest BCUT2D eigenvalue weighted by molar-refractivity contribution is 5.89. The van der Waals surface area contributed by atoms with Crippen LogP contribution in [0.4, 0.5) is 0 Å². The van der Waals surface area contributed by atoms with E-state index in [0.717, 1.165) is 11.1 Å². The van der Waals surface area contributed by atoms with Crippen LogP contribution in [0, 0.1) is 5.92 Å². The first-order valence-electron chi connectivity index (χ1n) is 7.11.